The zero-order chi connectivity index (χ0) is 19.5. The molecule has 0 unspecified atom stereocenters. The molecule has 1 aromatic rings. The van der Waals surface area contributed by atoms with Gasteiger partial charge in [0.2, 0.25) is 0 Å². The predicted octanol–water partition coefficient (Wildman–Crippen LogP) is 2.62. The van der Waals surface area contributed by atoms with Gasteiger partial charge in [-0.1, -0.05) is 28.1 Å². The number of aliphatic hydroxyl groups is 1. The predicted molar refractivity (Wildman–Crippen MR) is 97.4 cm³/mol. The quantitative estimate of drug-likeness (QED) is 0.574. The fourth-order valence-electron chi connectivity index (χ4n) is 3.56. The number of esters is 2. The first kappa shape index (κ1) is 20.6. The van der Waals surface area contributed by atoms with Crippen molar-refractivity contribution in [2.75, 3.05) is 13.2 Å². The van der Waals surface area contributed by atoms with Crippen LogP contribution in [0.5, 0.6) is 0 Å². The van der Waals surface area contributed by atoms with Crippen molar-refractivity contribution in [2.24, 2.45) is 11.8 Å². The average molecular weight is 427 g/mol. The van der Waals surface area contributed by atoms with Crippen LogP contribution in [-0.4, -0.2) is 41.6 Å². The minimum absolute atomic E-state index is 0.121. The van der Waals surface area contributed by atoms with Crippen molar-refractivity contribution in [1.29, 1.82) is 0 Å². The lowest BCUT2D eigenvalue weighted by atomic mass is 9.62. The van der Waals surface area contributed by atoms with Gasteiger partial charge in [-0.15, -0.1) is 0 Å². The van der Waals surface area contributed by atoms with Gasteiger partial charge < -0.3 is 14.6 Å². The Balaban J connectivity index is 2.59. The highest BCUT2D eigenvalue weighted by atomic mass is 79.9. The van der Waals surface area contributed by atoms with Gasteiger partial charge in [-0.05, 0) is 38.5 Å². The highest BCUT2D eigenvalue weighted by Crippen LogP contribution is 2.46. The fourth-order valence-corrected chi connectivity index (χ4v) is 3.83. The van der Waals surface area contributed by atoms with Crippen LogP contribution in [0.2, 0.25) is 0 Å². The van der Waals surface area contributed by atoms with Crippen LogP contribution in [-0.2, 0) is 23.9 Å². The number of halogens is 1. The van der Waals surface area contributed by atoms with Crippen LogP contribution >= 0.6 is 15.9 Å². The molecule has 142 valence electrons. The van der Waals surface area contributed by atoms with Crippen molar-refractivity contribution in [3.8, 4) is 0 Å². The number of carbonyl (C=O) groups excluding carboxylic acids is 3. The molecular formula is C19H23BrO6. The van der Waals surface area contributed by atoms with Gasteiger partial charge in [0.1, 0.15) is 5.92 Å². The SMILES string of the molecule is CCOC(=O)[C@H]1C(=O)C[C@@](C)(O)[C@@H](C(=O)OCC)[C@@H]1c1ccc(Br)cc1. The first-order valence-corrected chi connectivity index (χ1v) is 9.36. The second-order valence-corrected chi connectivity index (χ2v) is 7.45. The van der Waals surface area contributed by atoms with Crippen LogP contribution in [0.15, 0.2) is 28.7 Å². The highest BCUT2D eigenvalue weighted by molar-refractivity contribution is 9.10. The first-order chi connectivity index (χ1) is 12.2. The monoisotopic (exact) mass is 426 g/mol. The van der Waals surface area contributed by atoms with E-state index in [0.29, 0.717) is 5.56 Å². The van der Waals surface area contributed by atoms with Crippen molar-refractivity contribution in [3.63, 3.8) is 0 Å². The molecule has 1 saturated carbocycles. The van der Waals surface area contributed by atoms with Crippen LogP contribution in [0.1, 0.15) is 38.7 Å². The molecule has 0 heterocycles. The lowest BCUT2D eigenvalue weighted by Gasteiger charge is -2.43. The summed E-state index contributed by atoms with van der Waals surface area (Å²) in [6.07, 6.45) is -0.313. The van der Waals surface area contributed by atoms with E-state index < -0.39 is 41.1 Å². The van der Waals surface area contributed by atoms with E-state index >= 15 is 0 Å². The van der Waals surface area contributed by atoms with Crippen LogP contribution in [0, 0.1) is 11.8 Å². The molecule has 7 heteroatoms. The summed E-state index contributed by atoms with van der Waals surface area (Å²) in [5, 5.41) is 10.8. The third kappa shape index (κ3) is 4.15. The summed E-state index contributed by atoms with van der Waals surface area (Å²) in [7, 11) is 0. The zero-order valence-electron chi connectivity index (χ0n) is 15.0. The summed E-state index contributed by atoms with van der Waals surface area (Å²) in [4.78, 5) is 37.8. The van der Waals surface area contributed by atoms with E-state index in [-0.39, 0.29) is 19.6 Å². The topological polar surface area (TPSA) is 89.9 Å². The minimum Gasteiger partial charge on any atom is -0.466 e. The van der Waals surface area contributed by atoms with Gasteiger partial charge in [-0.2, -0.15) is 0 Å². The smallest absolute Gasteiger partial charge is 0.317 e. The first-order valence-electron chi connectivity index (χ1n) is 8.56. The van der Waals surface area contributed by atoms with Crippen LogP contribution < -0.4 is 0 Å². The van der Waals surface area contributed by atoms with Crippen molar-refractivity contribution in [3.05, 3.63) is 34.3 Å². The number of hydrogen-bond donors (Lipinski definition) is 1. The number of benzene rings is 1. The minimum atomic E-state index is -1.62. The van der Waals surface area contributed by atoms with E-state index in [1.54, 1.807) is 38.1 Å². The Morgan fingerprint density at radius 2 is 1.69 bits per heavy atom. The zero-order valence-corrected chi connectivity index (χ0v) is 16.6. The summed E-state index contributed by atoms with van der Waals surface area (Å²) in [6.45, 7) is 5.00. The average Bonchev–Trinajstić information content (AvgIpc) is 2.54. The second-order valence-electron chi connectivity index (χ2n) is 6.54. The number of carbonyl (C=O) groups is 3. The van der Waals surface area contributed by atoms with Crippen molar-refractivity contribution in [2.45, 2.75) is 38.7 Å². The number of rotatable bonds is 5. The standard InChI is InChI=1S/C19H23BrO6/c1-4-25-17(22)15-13(21)10-19(3,24)16(18(23)26-5-2)14(15)11-6-8-12(20)9-7-11/h6-9,14-16,24H,4-5,10H2,1-3H3/t14-,15+,16-,19-/m1/s1. The van der Waals surface area contributed by atoms with E-state index in [0.717, 1.165) is 4.47 Å². The molecule has 0 saturated heterocycles. The Bertz CT molecular complexity index is 682. The molecule has 26 heavy (non-hydrogen) atoms. The molecule has 0 aromatic heterocycles. The lowest BCUT2D eigenvalue weighted by molar-refractivity contribution is -0.172. The molecule has 2 rings (SSSR count). The molecule has 0 aliphatic heterocycles. The van der Waals surface area contributed by atoms with Gasteiger partial charge in [0.15, 0.2) is 5.78 Å². The third-order valence-corrected chi connectivity index (χ3v) is 5.13. The molecule has 1 aliphatic rings. The Morgan fingerprint density at radius 3 is 2.23 bits per heavy atom. The number of ether oxygens (including phenoxy) is 2. The third-order valence-electron chi connectivity index (χ3n) is 4.60. The van der Waals surface area contributed by atoms with Gasteiger partial charge in [-0.3, -0.25) is 14.4 Å². The van der Waals surface area contributed by atoms with Crippen molar-refractivity contribution in [1.82, 2.24) is 0 Å². The molecule has 4 atom stereocenters. The molecule has 0 bridgehead atoms. The molecular weight excluding hydrogens is 404 g/mol. The molecule has 0 spiro atoms. The van der Waals surface area contributed by atoms with E-state index in [1.807, 2.05) is 0 Å². The highest BCUT2D eigenvalue weighted by Gasteiger charge is 2.57. The summed E-state index contributed by atoms with van der Waals surface area (Å²) >= 11 is 3.34. The Kier molecular flexibility index (Phi) is 6.58. The molecule has 0 radical (unpaired) electrons. The van der Waals surface area contributed by atoms with Crippen LogP contribution in [0.4, 0.5) is 0 Å². The molecule has 1 aromatic carbocycles. The van der Waals surface area contributed by atoms with E-state index in [4.69, 9.17) is 9.47 Å². The summed E-state index contributed by atoms with van der Waals surface area (Å²) < 4.78 is 11.0. The Hall–Kier alpha value is -1.73. The number of ketones is 1. The van der Waals surface area contributed by atoms with Crippen molar-refractivity contribution < 1.29 is 29.0 Å². The molecule has 0 amide bonds. The van der Waals surface area contributed by atoms with E-state index in [9.17, 15) is 19.5 Å². The number of hydrogen-bond acceptors (Lipinski definition) is 6. The molecule has 6 nitrogen and oxygen atoms in total. The Labute approximate surface area is 161 Å². The van der Waals surface area contributed by atoms with Gasteiger partial charge in [0.05, 0.1) is 24.7 Å². The molecule has 1 N–H and O–H groups in total. The maximum absolute atomic E-state index is 12.7. The van der Waals surface area contributed by atoms with Gasteiger partial charge >= 0.3 is 11.9 Å². The van der Waals surface area contributed by atoms with Crippen LogP contribution in [0.25, 0.3) is 0 Å². The number of Topliss-reactive ketones (excluding diaryl/α,β-unsaturated/α-hetero) is 1. The maximum atomic E-state index is 12.7. The van der Waals surface area contributed by atoms with E-state index in [1.165, 1.54) is 6.92 Å². The van der Waals surface area contributed by atoms with Gasteiger partial charge in [0.25, 0.3) is 0 Å². The lowest BCUT2D eigenvalue weighted by Crippen LogP contribution is -2.55. The molecule has 1 fully saturated rings. The summed E-state index contributed by atoms with van der Waals surface area (Å²) in [5.74, 6) is -4.84. The van der Waals surface area contributed by atoms with Crippen molar-refractivity contribution >= 4 is 33.7 Å². The maximum Gasteiger partial charge on any atom is 0.317 e. The van der Waals surface area contributed by atoms with E-state index in [2.05, 4.69) is 15.9 Å². The van der Waals surface area contributed by atoms with Gasteiger partial charge in [0, 0.05) is 16.8 Å². The fraction of sp³-hybridized carbons (Fsp3) is 0.526. The molecule has 1 aliphatic carbocycles. The van der Waals surface area contributed by atoms with Gasteiger partial charge in [-0.25, -0.2) is 0 Å². The normalized spacial score (nSPS) is 28.5. The summed E-state index contributed by atoms with van der Waals surface area (Å²) in [5.41, 5.74) is -1.03. The largest absolute Gasteiger partial charge is 0.466 e. The summed E-state index contributed by atoms with van der Waals surface area (Å²) in [6, 6.07) is 6.96. The Morgan fingerprint density at radius 1 is 1.15 bits per heavy atom. The van der Waals surface area contributed by atoms with Crippen LogP contribution in [0.3, 0.4) is 0 Å². The second kappa shape index (κ2) is 8.31.